The average Bonchev–Trinajstić information content (AvgIpc) is 3.94. The van der Waals surface area contributed by atoms with Gasteiger partial charge in [-0.2, -0.15) is 0 Å². The number of nitrogens with zero attached hydrogens (tertiary/aromatic N) is 4. The van der Waals surface area contributed by atoms with E-state index in [0.717, 1.165) is 39.1 Å². The van der Waals surface area contributed by atoms with Crippen LogP contribution in [0.3, 0.4) is 0 Å². The van der Waals surface area contributed by atoms with E-state index in [4.69, 9.17) is 19.3 Å². The van der Waals surface area contributed by atoms with Gasteiger partial charge in [0.25, 0.3) is 11.8 Å². The van der Waals surface area contributed by atoms with Crippen LogP contribution in [-0.4, -0.2) is 68.1 Å². The van der Waals surface area contributed by atoms with Crippen LogP contribution >= 0.6 is 34.9 Å². The van der Waals surface area contributed by atoms with Gasteiger partial charge in [-0.25, -0.2) is 14.6 Å². The molecule has 2 atom stereocenters. The zero-order chi connectivity index (χ0) is 51.4. The fraction of sp³-hybridized carbons (Fsp3) is 0.136. The minimum atomic E-state index is -1.09. The third kappa shape index (κ3) is 11.4. The van der Waals surface area contributed by atoms with Crippen molar-refractivity contribution < 1.29 is 33.5 Å². The predicted molar refractivity (Wildman–Crippen MR) is 292 cm³/mol. The quantitative estimate of drug-likeness (QED) is 0.0245. The second-order valence-corrected chi connectivity index (χ2v) is 20.3. The van der Waals surface area contributed by atoms with Gasteiger partial charge in [0.15, 0.2) is 16.9 Å². The molecule has 75 heavy (non-hydrogen) atoms. The molecular weight excluding hydrogens is 1000 g/mol. The summed E-state index contributed by atoms with van der Waals surface area (Å²) in [7, 11) is 0. The van der Waals surface area contributed by atoms with Crippen molar-refractivity contribution in [2.45, 2.75) is 35.4 Å². The number of fused-ring (bicyclic) bond motifs is 1. The Morgan fingerprint density at radius 3 is 1.87 bits per heavy atom. The number of esters is 2. The topological polar surface area (TPSA) is 161 Å². The number of benzene rings is 6. The highest BCUT2D eigenvalue weighted by atomic mass is 32.2. The molecule has 374 valence electrons. The molecule has 6 aromatic carbocycles. The molecule has 0 spiro atoms. The number of pyridine rings is 1. The SMILES string of the molecule is O=C(CO/N=C(\C(=O)N[C@@H]1C(=O)N2C(C(=O)OC(c3ccccc3)c3ccccc3)=C(SCc3ccccn3)CS[C@H]12)c1csc(NC(c2ccccc2)(c2ccccc2)c2ccccc2)n1)OCc1ccccc1. The Kier molecular flexibility index (Phi) is 15.9. The summed E-state index contributed by atoms with van der Waals surface area (Å²) in [5, 5.41) is 12.2. The molecular formula is C59H48N6O7S3. The number of amides is 2. The van der Waals surface area contributed by atoms with Crippen LogP contribution in [0.2, 0.25) is 0 Å². The maximum absolute atomic E-state index is 14.7. The van der Waals surface area contributed by atoms with Crippen LogP contribution < -0.4 is 10.6 Å². The number of thiazole rings is 1. The Balaban J connectivity index is 0.944. The van der Waals surface area contributed by atoms with Crippen molar-refractivity contribution >= 4 is 69.5 Å². The van der Waals surface area contributed by atoms with Gasteiger partial charge in [-0.05, 0) is 45.5 Å². The van der Waals surface area contributed by atoms with Crippen molar-refractivity contribution in [2.24, 2.45) is 5.16 Å². The summed E-state index contributed by atoms with van der Waals surface area (Å²) < 4.78 is 11.8. The number of β-lactam (4-membered cyclic amide) rings is 1. The van der Waals surface area contributed by atoms with Crippen molar-refractivity contribution in [1.82, 2.24) is 20.2 Å². The first-order chi connectivity index (χ1) is 36.9. The highest BCUT2D eigenvalue weighted by Crippen LogP contribution is 2.46. The number of hydrogen-bond donors (Lipinski definition) is 2. The van der Waals surface area contributed by atoms with Crippen LogP contribution in [0.5, 0.6) is 0 Å². The van der Waals surface area contributed by atoms with Crippen molar-refractivity contribution in [3.63, 3.8) is 0 Å². The van der Waals surface area contributed by atoms with Crippen molar-refractivity contribution in [3.8, 4) is 0 Å². The summed E-state index contributed by atoms with van der Waals surface area (Å²) in [6.07, 6.45) is 0.928. The molecule has 4 heterocycles. The van der Waals surface area contributed by atoms with Gasteiger partial charge in [0.1, 0.15) is 35.0 Å². The molecule has 2 N–H and O–H groups in total. The number of oxime groups is 1. The number of ether oxygens (including phenoxy) is 2. The number of carbonyl (C=O) groups is 4. The summed E-state index contributed by atoms with van der Waals surface area (Å²) in [6.45, 7) is -0.603. The Bertz CT molecular complexity index is 3170. The standard InChI is InChI=1S/C59H48N6O7S3/c66-49(70-35-40-21-7-1-8-22-40)36-71-64-50(47-38-75-58(61-47)63-59(43-27-13-4-14-28-43,44-29-15-5-16-30-44)45-31-17-6-18-32-45)54(67)62-51-55(68)65-52(48(39-74-56(51)65)73-37-46-33-19-20-34-60-46)57(69)72-53(41-23-9-2-10-24-41)42-25-11-3-12-26-42/h1-34,38,51,53,56H,35-37,39H2,(H,61,63)(H,62,67)/b64-50-/t51-,56-/m1/s1. The lowest BCUT2D eigenvalue weighted by Gasteiger charge is -2.49. The van der Waals surface area contributed by atoms with Gasteiger partial charge in [-0.1, -0.05) is 193 Å². The van der Waals surface area contributed by atoms with E-state index in [2.05, 4.69) is 20.8 Å². The second-order valence-electron chi connectivity index (χ2n) is 17.2. The van der Waals surface area contributed by atoms with Gasteiger partial charge in [0.05, 0.1) is 5.69 Å². The summed E-state index contributed by atoms with van der Waals surface area (Å²) in [5.74, 6) is -1.94. The van der Waals surface area contributed by atoms with E-state index >= 15 is 0 Å². The Hall–Kier alpha value is -8.31. The number of carbonyl (C=O) groups excluding carboxylic acids is 4. The molecule has 2 aromatic heterocycles. The Morgan fingerprint density at radius 2 is 1.29 bits per heavy atom. The minimum absolute atomic E-state index is 0.0130. The molecule has 2 aliphatic heterocycles. The van der Waals surface area contributed by atoms with E-state index in [1.807, 2.05) is 200 Å². The largest absolute Gasteiger partial charge is 0.458 e. The first kappa shape index (κ1) is 50.2. The molecule has 0 bridgehead atoms. The zero-order valence-electron chi connectivity index (χ0n) is 40.1. The molecule has 2 aliphatic rings. The lowest BCUT2D eigenvalue weighted by molar-refractivity contribution is -0.154. The fourth-order valence-corrected chi connectivity index (χ4v) is 12.1. The van der Waals surface area contributed by atoms with Crippen LogP contribution in [0.4, 0.5) is 5.13 Å². The molecule has 8 aromatic rings. The van der Waals surface area contributed by atoms with E-state index in [1.165, 1.54) is 39.8 Å². The minimum Gasteiger partial charge on any atom is -0.458 e. The van der Waals surface area contributed by atoms with Crippen molar-refractivity contribution in [2.75, 3.05) is 17.7 Å². The second kappa shape index (κ2) is 23.7. The summed E-state index contributed by atoms with van der Waals surface area (Å²) in [6, 6.07) is 62.6. The van der Waals surface area contributed by atoms with Crippen LogP contribution in [0.25, 0.3) is 0 Å². The first-order valence-electron chi connectivity index (χ1n) is 24.0. The number of aromatic nitrogens is 2. The van der Waals surface area contributed by atoms with Crippen LogP contribution in [0, 0.1) is 0 Å². The fourth-order valence-electron chi connectivity index (χ4n) is 8.81. The molecule has 0 saturated carbocycles. The van der Waals surface area contributed by atoms with E-state index < -0.39 is 53.4 Å². The molecule has 1 saturated heterocycles. The number of anilines is 1. The lowest BCUT2D eigenvalue weighted by atomic mass is 9.77. The third-order valence-corrected chi connectivity index (χ3v) is 15.8. The van der Waals surface area contributed by atoms with Gasteiger partial charge in [0.2, 0.25) is 6.61 Å². The van der Waals surface area contributed by atoms with Gasteiger partial charge < -0.3 is 24.9 Å². The molecule has 10 rings (SSSR count). The third-order valence-electron chi connectivity index (χ3n) is 12.4. The van der Waals surface area contributed by atoms with Gasteiger partial charge in [-0.15, -0.1) is 34.9 Å². The average molecular weight is 1050 g/mol. The number of nitrogens with one attached hydrogen (secondary N) is 2. The first-order valence-corrected chi connectivity index (χ1v) is 26.9. The number of rotatable bonds is 20. The monoisotopic (exact) mass is 1050 g/mol. The van der Waals surface area contributed by atoms with Crippen LogP contribution in [-0.2, 0) is 51.4 Å². The molecule has 2 amide bonds. The smallest absolute Gasteiger partial charge is 0.356 e. The summed E-state index contributed by atoms with van der Waals surface area (Å²) in [5.41, 5.74) is 4.89. The Labute approximate surface area is 446 Å². The van der Waals surface area contributed by atoms with Gasteiger partial charge >= 0.3 is 11.9 Å². The maximum atomic E-state index is 14.7. The number of hydrogen-bond acceptors (Lipinski definition) is 14. The van der Waals surface area contributed by atoms with E-state index in [0.29, 0.717) is 21.5 Å². The zero-order valence-corrected chi connectivity index (χ0v) is 42.6. The summed E-state index contributed by atoms with van der Waals surface area (Å²) >= 11 is 4.06. The molecule has 1 fully saturated rings. The molecule has 16 heteroatoms. The van der Waals surface area contributed by atoms with E-state index in [-0.39, 0.29) is 23.7 Å². The maximum Gasteiger partial charge on any atom is 0.356 e. The van der Waals surface area contributed by atoms with Crippen LogP contribution in [0.15, 0.2) is 228 Å². The van der Waals surface area contributed by atoms with Crippen LogP contribution in [0.1, 0.15) is 50.9 Å². The van der Waals surface area contributed by atoms with E-state index in [1.54, 1.807) is 11.6 Å². The van der Waals surface area contributed by atoms with Crippen molar-refractivity contribution in [1.29, 1.82) is 0 Å². The number of thioether (sulfide) groups is 2. The van der Waals surface area contributed by atoms with Crippen molar-refractivity contribution in [3.05, 3.63) is 267 Å². The van der Waals surface area contributed by atoms with Gasteiger partial charge in [0, 0.05) is 28.0 Å². The normalized spacial score (nSPS) is 15.3. The summed E-state index contributed by atoms with van der Waals surface area (Å²) in [4.78, 5) is 74.0. The Morgan fingerprint density at radius 1 is 0.733 bits per heavy atom. The molecule has 0 radical (unpaired) electrons. The van der Waals surface area contributed by atoms with E-state index in [9.17, 15) is 19.2 Å². The highest BCUT2D eigenvalue weighted by Gasteiger charge is 2.55. The highest BCUT2D eigenvalue weighted by molar-refractivity contribution is 8.05. The molecule has 13 nitrogen and oxygen atoms in total. The molecule has 0 unspecified atom stereocenters. The predicted octanol–water partition coefficient (Wildman–Crippen LogP) is 10.3. The lowest BCUT2D eigenvalue weighted by Crippen LogP contribution is -2.71. The molecule has 0 aliphatic carbocycles. The van der Waals surface area contributed by atoms with Gasteiger partial charge in [-0.3, -0.25) is 19.5 Å².